The van der Waals surface area contributed by atoms with E-state index in [9.17, 15) is 4.79 Å². The first-order chi connectivity index (χ1) is 7.76. The number of carbonyl (C=O) groups is 1. The Hall–Kier alpha value is -0.870. The minimum Gasteiger partial charge on any atom is -0.325 e. The van der Waals surface area contributed by atoms with Gasteiger partial charge in [0, 0.05) is 15.7 Å². The molecule has 0 aliphatic heterocycles. The number of carbonyl (C=O) groups excluding carboxylic acids is 1. The molecule has 0 bridgehead atoms. The molecule has 1 amide bonds. The fourth-order valence-electron chi connectivity index (χ4n) is 1.36. The number of aryl methyl sites for hydroxylation is 1. The second-order valence-corrected chi connectivity index (χ2v) is 6.08. The van der Waals surface area contributed by atoms with Crippen LogP contribution in [0.5, 0.6) is 0 Å². The summed E-state index contributed by atoms with van der Waals surface area (Å²) in [5, 5.41) is 6.01. The monoisotopic (exact) mass is 298 g/mol. The maximum Gasteiger partial charge on any atom is 0.238 e. The van der Waals surface area contributed by atoms with Gasteiger partial charge in [-0.15, -0.1) is 0 Å². The van der Waals surface area contributed by atoms with Gasteiger partial charge >= 0.3 is 0 Å². The maximum absolute atomic E-state index is 11.7. The maximum atomic E-state index is 11.7. The molecule has 0 atom stereocenters. The molecule has 0 saturated heterocycles. The summed E-state index contributed by atoms with van der Waals surface area (Å²) in [4.78, 5) is 11.7. The van der Waals surface area contributed by atoms with Gasteiger partial charge in [-0.1, -0.05) is 15.9 Å². The minimum absolute atomic E-state index is 0.0302. The van der Waals surface area contributed by atoms with Gasteiger partial charge in [-0.05, 0) is 51.5 Å². The van der Waals surface area contributed by atoms with Crippen LogP contribution < -0.4 is 10.6 Å². The van der Waals surface area contributed by atoms with Crippen LogP contribution in [0.3, 0.4) is 0 Å². The molecule has 0 unspecified atom stereocenters. The Morgan fingerprint density at radius 3 is 2.47 bits per heavy atom. The van der Waals surface area contributed by atoms with Crippen LogP contribution in [-0.4, -0.2) is 18.0 Å². The van der Waals surface area contributed by atoms with Crippen LogP contribution in [0.4, 0.5) is 5.69 Å². The molecule has 4 heteroatoms. The van der Waals surface area contributed by atoms with E-state index < -0.39 is 0 Å². The zero-order chi connectivity index (χ0) is 13.1. The van der Waals surface area contributed by atoms with Crippen molar-refractivity contribution in [1.29, 1.82) is 0 Å². The van der Waals surface area contributed by atoms with Crippen LogP contribution >= 0.6 is 15.9 Å². The third-order valence-corrected chi connectivity index (χ3v) is 2.56. The van der Waals surface area contributed by atoms with E-state index in [1.807, 2.05) is 45.9 Å². The summed E-state index contributed by atoms with van der Waals surface area (Å²) in [5.41, 5.74) is 1.88. The molecule has 0 saturated carbocycles. The van der Waals surface area contributed by atoms with E-state index in [2.05, 4.69) is 26.6 Å². The molecule has 3 nitrogen and oxygen atoms in total. The smallest absolute Gasteiger partial charge is 0.238 e. The van der Waals surface area contributed by atoms with Crippen molar-refractivity contribution in [2.24, 2.45) is 0 Å². The molecular formula is C13H19BrN2O. The van der Waals surface area contributed by atoms with E-state index in [-0.39, 0.29) is 11.4 Å². The predicted molar refractivity (Wildman–Crippen MR) is 75.3 cm³/mol. The molecule has 0 aliphatic rings. The van der Waals surface area contributed by atoms with Gasteiger partial charge in [-0.3, -0.25) is 4.79 Å². The van der Waals surface area contributed by atoms with Crippen LogP contribution in [0.25, 0.3) is 0 Å². The Balaban J connectivity index is 2.56. The highest BCUT2D eigenvalue weighted by Crippen LogP contribution is 2.18. The van der Waals surface area contributed by atoms with Gasteiger partial charge in [-0.2, -0.15) is 0 Å². The molecule has 0 aromatic heterocycles. The Labute approximate surface area is 111 Å². The van der Waals surface area contributed by atoms with Crippen molar-refractivity contribution in [3.63, 3.8) is 0 Å². The molecule has 0 heterocycles. The lowest BCUT2D eigenvalue weighted by Crippen LogP contribution is -2.41. The average Bonchev–Trinajstić information content (AvgIpc) is 2.11. The lowest BCUT2D eigenvalue weighted by molar-refractivity contribution is -0.115. The van der Waals surface area contributed by atoms with Gasteiger partial charge in [0.2, 0.25) is 5.91 Å². The fourth-order valence-corrected chi connectivity index (χ4v) is 1.97. The first-order valence-corrected chi connectivity index (χ1v) is 6.38. The average molecular weight is 299 g/mol. The normalized spacial score (nSPS) is 11.4. The summed E-state index contributed by atoms with van der Waals surface area (Å²) >= 11 is 3.41. The van der Waals surface area contributed by atoms with E-state index >= 15 is 0 Å². The zero-order valence-corrected chi connectivity index (χ0v) is 12.3. The first kappa shape index (κ1) is 14.2. The lowest BCUT2D eigenvalue weighted by Gasteiger charge is -2.20. The van der Waals surface area contributed by atoms with E-state index in [0.717, 1.165) is 15.7 Å². The molecular weight excluding hydrogens is 280 g/mol. The largest absolute Gasteiger partial charge is 0.325 e. The molecule has 1 rings (SSSR count). The Morgan fingerprint density at radius 1 is 1.29 bits per heavy atom. The van der Waals surface area contributed by atoms with Crippen LogP contribution in [0, 0.1) is 6.92 Å². The van der Waals surface area contributed by atoms with Gasteiger partial charge in [0.1, 0.15) is 0 Å². The van der Waals surface area contributed by atoms with E-state index in [0.29, 0.717) is 6.54 Å². The number of benzene rings is 1. The number of anilines is 1. The predicted octanol–water partition coefficient (Wildman–Crippen LogP) is 3.08. The topological polar surface area (TPSA) is 41.1 Å². The van der Waals surface area contributed by atoms with Gasteiger partial charge in [0.15, 0.2) is 0 Å². The number of halogens is 1. The highest BCUT2D eigenvalue weighted by molar-refractivity contribution is 9.10. The Kier molecular flexibility index (Phi) is 4.71. The fraction of sp³-hybridized carbons (Fsp3) is 0.462. The summed E-state index contributed by atoms with van der Waals surface area (Å²) in [6.45, 7) is 8.40. The summed E-state index contributed by atoms with van der Waals surface area (Å²) in [5.74, 6) is -0.0302. The third-order valence-electron chi connectivity index (χ3n) is 2.11. The third kappa shape index (κ3) is 5.84. The Morgan fingerprint density at radius 2 is 1.94 bits per heavy atom. The van der Waals surface area contributed by atoms with Crippen LogP contribution in [0.1, 0.15) is 26.3 Å². The molecule has 94 valence electrons. The van der Waals surface area contributed by atoms with E-state index in [1.54, 1.807) is 0 Å². The van der Waals surface area contributed by atoms with Gasteiger partial charge in [0.05, 0.1) is 6.54 Å². The van der Waals surface area contributed by atoms with Gasteiger partial charge in [0.25, 0.3) is 0 Å². The van der Waals surface area contributed by atoms with Gasteiger partial charge in [-0.25, -0.2) is 0 Å². The summed E-state index contributed by atoms with van der Waals surface area (Å²) in [6, 6.07) is 5.84. The van der Waals surface area contributed by atoms with Crippen molar-refractivity contribution in [2.75, 3.05) is 11.9 Å². The highest BCUT2D eigenvalue weighted by atomic mass is 79.9. The second-order valence-electron chi connectivity index (χ2n) is 5.17. The molecule has 0 aliphatic carbocycles. The van der Waals surface area contributed by atoms with E-state index in [1.165, 1.54) is 0 Å². The molecule has 0 fully saturated rings. The van der Waals surface area contributed by atoms with Crippen molar-refractivity contribution < 1.29 is 4.79 Å². The quantitative estimate of drug-likeness (QED) is 0.900. The standard InChI is InChI=1S/C13H19BrN2O/c1-9-5-10(14)7-11(6-9)16-12(17)8-15-13(2,3)4/h5-7,15H,8H2,1-4H3,(H,16,17). The molecule has 17 heavy (non-hydrogen) atoms. The van der Waals surface area contributed by atoms with Crippen LogP contribution in [0.15, 0.2) is 22.7 Å². The summed E-state index contributed by atoms with van der Waals surface area (Å²) < 4.78 is 0.969. The minimum atomic E-state index is -0.0511. The van der Waals surface area contributed by atoms with Crippen molar-refractivity contribution >= 4 is 27.5 Å². The zero-order valence-electron chi connectivity index (χ0n) is 10.7. The molecule has 0 radical (unpaired) electrons. The summed E-state index contributed by atoms with van der Waals surface area (Å²) in [7, 11) is 0. The second kappa shape index (κ2) is 5.65. The number of hydrogen-bond donors (Lipinski definition) is 2. The SMILES string of the molecule is Cc1cc(Br)cc(NC(=O)CNC(C)(C)C)c1. The lowest BCUT2D eigenvalue weighted by atomic mass is 10.1. The van der Waals surface area contributed by atoms with Gasteiger partial charge < -0.3 is 10.6 Å². The summed E-state index contributed by atoms with van der Waals surface area (Å²) in [6.07, 6.45) is 0. The molecule has 1 aromatic carbocycles. The van der Waals surface area contributed by atoms with Crippen molar-refractivity contribution in [2.45, 2.75) is 33.2 Å². The van der Waals surface area contributed by atoms with Crippen LogP contribution in [0.2, 0.25) is 0 Å². The van der Waals surface area contributed by atoms with Crippen LogP contribution in [-0.2, 0) is 4.79 Å². The number of amides is 1. The number of hydrogen-bond acceptors (Lipinski definition) is 2. The Bertz CT molecular complexity index is 390. The number of rotatable bonds is 3. The molecule has 1 aromatic rings. The van der Waals surface area contributed by atoms with Crippen molar-refractivity contribution in [3.8, 4) is 0 Å². The number of nitrogens with one attached hydrogen (secondary N) is 2. The molecule has 0 spiro atoms. The highest BCUT2D eigenvalue weighted by Gasteiger charge is 2.11. The first-order valence-electron chi connectivity index (χ1n) is 5.58. The van der Waals surface area contributed by atoms with Crippen molar-refractivity contribution in [3.05, 3.63) is 28.2 Å². The molecule has 2 N–H and O–H groups in total. The van der Waals surface area contributed by atoms with Crippen molar-refractivity contribution in [1.82, 2.24) is 5.32 Å². The van der Waals surface area contributed by atoms with E-state index in [4.69, 9.17) is 0 Å².